The molecule has 0 spiro atoms. The highest BCUT2D eigenvalue weighted by Gasteiger charge is 2.24. The van der Waals surface area contributed by atoms with Crippen LogP contribution in [0.25, 0.3) is 0 Å². The van der Waals surface area contributed by atoms with Gasteiger partial charge in [0.25, 0.3) is 5.69 Å². The molecular weight excluding hydrogens is 264 g/mol. The lowest BCUT2D eigenvalue weighted by Gasteiger charge is -2.37. The Morgan fingerprint density at radius 1 is 1.42 bits per heavy atom. The maximum absolute atomic E-state index is 10.8. The second-order valence-electron chi connectivity index (χ2n) is 5.39. The predicted molar refractivity (Wildman–Crippen MR) is 77.8 cm³/mol. The molecule has 0 aromatic heterocycles. The van der Waals surface area contributed by atoms with E-state index < -0.39 is 0 Å². The van der Waals surface area contributed by atoms with Gasteiger partial charge in [-0.25, -0.2) is 0 Å². The largest absolute Gasteiger partial charge is 0.371 e. The molecule has 1 heterocycles. The van der Waals surface area contributed by atoms with Gasteiger partial charge in [-0.1, -0.05) is 13.8 Å². The van der Waals surface area contributed by atoms with Crippen LogP contribution in [0.15, 0.2) is 18.2 Å². The Morgan fingerprint density at radius 2 is 2.16 bits per heavy atom. The second kappa shape index (κ2) is 5.78. The minimum Gasteiger partial charge on any atom is -0.371 e. The summed E-state index contributed by atoms with van der Waals surface area (Å²) in [6.07, 6.45) is 1.15. The van der Waals surface area contributed by atoms with Crippen molar-refractivity contribution in [3.05, 3.63) is 33.9 Å². The first-order chi connectivity index (χ1) is 9.02. The van der Waals surface area contributed by atoms with Crippen molar-refractivity contribution in [1.82, 2.24) is 0 Å². The summed E-state index contributed by atoms with van der Waals surface area (Å²) in [5.74, 6) is 1.66. The van der Waals surface area contributed by atoms with Crippen molar-refractivity contribution < 1.29 is 4.92 Å². The van der Waals surface area contributed by atoms with Gasteiger partial charge in [-0.2, -0.15) is 0 Å². The Balaban J connectivity index is 2.27. The summed E-state index contributed by atoms with van der Waals surface area (Å²) < 4.78 is 0. The normalized spacial score (nSPS) is 23.4. The van der Waals surface area contributed by atoms with Crippen molar-refractivity contribution in [3.63, 3.8) is 0 Å². The quantitative estimate of drug-likeness (QED) is 0.481. The third-order valence-electron chi connectivity index (χ3n) is 4.09. The third-order valence-corrected chi connectivity index (χ3v) is 4.38. The van der Waals surface area contributed by atoms with Crippen molar-refractivity contribution in [1.29, 1.82) is 0 Å². The number of anilines is 1. The summed E-state index contributed by atoms with van der Waals surface area (Å²) in [5, 5.41) is 10.8. The number of piperidine rings is 1. The van der Waals surface area contributed by atoms with E-state index in [-0.39, 0.29) is 10.6 Å². The van der Waals surface area contributed by atoms with Crippen molar-refractivity contribution in [2.24, 2.45) is 11.8 Å². The first kappa shape index (κ1) is 14.1. The highest BCUT2D eigenvalue weighted by molar-refractivity contribution is 6.17. The summed E-state index contributed by atoms with van der Waals surface area (Å²) in [6.45, 7) is 6.51. The van der Waals surface area contributed by atoms with Gasteiger partial charge in [0, 0.05) is 36.8 Å². The van der Waals surface area contributed by atoms with E-state index in [4.69, 9.17) is 11.6 Å². The molecule has 5 heteroatoms. The predicted octanol–water partition coefficient (Wildman–Crippen LogP) is 3.82. The first-order valence-electron chi connectivity index (χ1n) is 6.61. The number of halogens is 1. The average molecular weight is 283 g/mol. The maximum atomic E-state index is 10.8. The van der Waals surface area contributed by atoms with E-state index in [1.165, 1.54) is 0 Å². The topological polar surface area (TPSA) is 46.4 Å². The summed E-state index contributed by atoms with van der Waals surface area (Å²) in [4.78, 5) is 12.7. The molecule has 0 bridgehead atoms. The summed E-state index contributed by atoms with van der Waals surface area (Å²) >= 11 is 5.94. The molecule has 4 nitrogen and oxygen atoms in total. The number of nitro groups is 1. The van der Waals surface area contributed by atoms with Gasteiger partial charge < -0.3 is 4.90 Å². The fourth-order valence-corrected chi connectivity index (χ4v) is 2.80. The number of hydrogen-bond acceptors (Lipinski definition) is 3. The van der Waals surface area contributed by atoms with E-state index >= 15 is 0 Å². The SMILES string of the molecule is CC1CCN(c2ccc([N+](=O)[O-])cc2CCl)CC1C. The summed E-state index contributed by atoms with van der Waals surface area (Å²) in [7, 11) is 0. The van der Waals surface area contributed by atoms with Gasteiger partial charge in [-0.05, 0) is 29.9 Å². The standard InChI is InChI=1S/C14H19ClN2O2/c1-10-5-6-16(9-11(10)2)14-4-3-13(17(18)19)7-12(14)8-15/h3-4,7,10-11H,5-6,8-9H2,1-2H3. The van der Waals surface area contributed by atoms with Crippen LogP contribution in [0, 0.1) is 22.0 Å². The molecule has 0 radical (unpaired) electrons. The maximum Gasteiger partial charge on any atom is 0.269 e. The van der Waals surface area contributed by atoms with Gasteiger partial charge in [0.15, 0.2) is 0 Å². The molecule has 19 heavy (non-hydrogen) atoms. The molecule has 1 aliphatic rings. The number of hydrogen-bond donors (Lipinski definition) is 0. The zero-order chi connectivity index (χ0) is 14.0. The van der Waals surface area contributed by atoms with Gasteiger partial charge in [0.05, 0.1) is 4.92 Å². The van der Waals surface area contributed by atoms with Crippen molar-refractivity contribution in [2.75, 3.05) is 18.0 Å². The van der Waals surface area contributed by atoms with Crippen molar-refractivity contribution >= 4 is 23.0 Å². The van der Waals surface area contributed by atoms with Gasteiger partial charge >= 0.3 is 0 Å². The van der Waals surface area contributed by atoms with Crippen molar-refractivity contribution in [3.8, 4) is 0 Å². The lowest BCUT2D eigenvalue weighted by molar-refractivity contribution is -0.384. The number of rotatable bonds is 3. The third kappa shape index (κ3) is 3.00. The summed E-state index contributed by atoms with van der Waals surface area (Å²) in [6, 6.07) is 4.98. The van der Waals surface area contributed by atoms with E-state index in [1.807, 2.05) is 6.07 Å². The van der Waals surface area contributed by atoms with Crippen LogP contribution in [-0.2, 0) is 5.88 Å². The van der Waals surface area contributed by atoms with Crippen LogP contribution >= 0.6 is 11.6 Å². The van der Waals surface area contributed by atoms with Crippen LogP contribution in [0.4, 0.5) is 11.4 Å². The van der Waals surface area contributed by atoms with Crippen LogP contribution in [0.5, 0.6) is 0 Å². The molecule has 1 aromatic rings. The molecule has 2 rings (SSSR count). The van der Waals surface area contributed by atoms with E-state index in [2.05, 4.69) is 18.7 Å². The number of nitro benzene ring substituents is 1. The first-order valence-corrected chi connectivity index (χ1v) is 7.14. The van der Waals surface area contributed by atoms with Gasteiger partial charge in [-0.15, -0.1) is 11.6 Å². The zero-order valence-electron chi connectivity index (χ0n) is 11.3. The fourth-order valence-electron chi connectivity index (χ4n) is 2.58. The zero-order valence-corrected chi connectivity index (χ0v) is 12.1. The Morgan fingerprint density at radius 3 is 2.74 bits per heavy atom. The van der Waals surface area contributed by atoms with Crippen LogP contribution in [0.2, 0.25) is 0 Å². The molecule has 2 atom stereocenters. The molecule has 104 valence electrons. The fraction of sp³-hybridized carbons (Fsp3) is 0.571. The number of non-ortho nitro benzene ring substituents is 1. The number of benzene rings is 1. The number of alkyl halides is 1. The lowest BCUT2D eigenvalue weighted by Crippen LogP contribution is -2.38. The van der Waals surface area contributed by atoms with E-state index in [0.29, 0.717) is 11.8 Å². The molecule has 1 fully saturated rings. The minimum atomic E-state index is -0.374. The Bertz CT molecular complexity index is 479. The Labute approximate surface area is 118 Å². The highest BCUT2D eigenvalue weighted by Crippen LogP contribution is 2.32. The molecule has 2 unspecified atom stereocenters. The lowest BCUT2D eigenvalue weighted by atomic mass is 9.88. The van der Waals surface area contributed by atoms with Crippen LogP contribution in [0.1, 0.15) is 25.8 Å². The van der Waals surface area contributed by atoms with E-state index in [1.54, 1.807) is 12.1 Å². The monoisotopic (exact) mass is 282 g/mol. The molecule has 0 N–H and O–H groups in total. The Hall–Kier alpha value is -1.29. The average Bonchev–Trinajstić information content (AvgIpc) is 2.41. The van der Waals surface area contributed by atoms with Crippen LogP contribution in [0.3, 0.4) is 0 Å². The van der Waals surface area contributed by atoms with E-state index in [0.717, 1.165) is 36.7 Å². The molecule has 0 saturated carbocycles. The highest BCUT2D eigenvalue weighted by atomic mass is 35.5. The molecular formula is C14H19ClN2O2. The van der Waals surface area contributed by atoms with E-state index in [9.17, 15) is 10.1 Å². The second-order valence-corrected chi connectivity index (χ2v) is 5.66. The molecule has 0 aliphatic carbocycles. The molecule has 1 aromatic carbocycles. The number of nitrogens with zero attached hydrogens (tertiary/aromatic N) is 2. The molecule has 1 aliphatic heterocycles. The summed E-state index contributed by atoms with van der Waals surface area (Å²) in [5.41, 5.74) is 2.00. The van der Waals surface area contributed by atoms with Gasteiger partial charge in [-0.3, -0.25) is 10.1 Å². The Kier molecular flexibility index (Phi) is 4.30. The smallest absolute Gasteiger partial charge is 0.269 e. The van der Waals surface area contributed by atoms with Crippen LogP contribution < -0.4 is 4.90 Å². The van der Waals surface area contributed by atoms with Crippen LogP contribution in [-0.4, -0.2) is 18.0 Å². The van der Waals surface area contributed by atoms with Gasteiger partial charge in [0.1, 0.15) is 0 Å². The molecule has 1 saturated heterocycles. The minimum absolute atomic E-state index is 0.109. The van der Waals surface area contributed by atoms with Crippen molar-refractivity contribution in [2.45, 2.75) is 26.1 Å². The van der Waals surface area contributed by atoms with Gasteiger partial charge in [0.2, 0.25) is 0 Å². The molecule has 0 amide bonds.